The second-order valence-electron chi connectivity index (χ2n) is 8.14. The molecule has 3 heterocycles. The van der Waals surface area contributed by atoms with E-state index in [9.17, 15) is 4.79 Å². The Morgan fingerprint density at radius 3 is 2.87 bits per heavy atom. The first-order valence-corrected chi connectivity index (χ1v) is 11.2. The fraction of sp³-hybridized carbons (Fsp3) is 0.667. The van der Waals surface area contributed by atoms with E-state index in [1.807, 2.05) is 12.1 Å². The second-order valence-corrected chi connectivity index (χ2v) is 8.55. The number of amides is 1. The number of likely N-dealkylation sites (tertiary alicyclic amines) is 1. The van der Waals surface area contributed by atoms with Crippen LogP contribution in [0.2, 0.25) is 5.02 Å². The van der Waals surface area contributed by atoms with Gasteiger partial charge < -0.3 is 20.4 Å². The fourth-order valence-corrected chi connectivity index (χ4v) is 4.31. The quantitative estimate of drug-likeness (QED) is 0.301. The van der Waals surface area contributed by atoms with Gasteiger partial charge in [0.15, 0.2) is 5.96 Å². The van der Waals surface area contributed by atoms with Crippen molar-refractivity contribution in [2.24, 2.45) is 4.99 Å². The zero-order valence-electron chi connectivity index (χ0n) is 18.7. The SMILES string of the molecule is CCN1CCCC1CNC(=NCC(=O)N(C)C)NC1CCN(c2ncccc2Cl)C1.I. The normalized spacial score (nSPS) is 21.7. The van der Waals surface area contributed by atoms with Crippen LogP contribution in [0.5, 0.6) is 0 Å². The maximum absolute atomic E-state index is 12.0. The Hall–Kier alpha value is -1.33. The number of anilines is 1. The van der Waals surface area contributed by atoms with Crippen molar-refractivity contribution in [1.82, 2.24) is 25.4 Å². The predicted octanol–water partition coefficient (Wildman–Crippen LogP) is 2.04. The van der Waals surface area contributed by atoms with Gasteiger partial charge in [-0.1, -0.05) is 18.5 Å². The number of hydrogen-bond donors (Lipinski definition) is 2. The first kappa shape index (κ1) is 25.9. The van der Waals surface area contributed by atoms with Gasteiger partial charge in [0.25, 0.3) is 0 Å². The van der Waals surface area contributed by atoms with Gasteiger partial charge in [-0.2, -0.15) is 0 Å². The van der Waals surface area contributed by atoms with Crippen molar-refractivity contribution >= 4 is 53.3 Å². The topological polar surface area (TPSA) is 76.1 Å². The first-order chi connectivity index (χ1) is 14.5. The van der Waals surface area contributed by atoms with Crippen LogP contribution < -0.4 is 15.5 Å². The summed E-state index contributed by atoms with van der Waals surface area (Å²) in [5.41, 5.74) is 0. The van der Waals surface area contributed by atoms with Gasteiger partial charge in [0, 0.05) is 52.0 Å². The standard InChI is InChI=1S/C21H34ClN7O.HI/c1-4-28-11-6-7-17(28)13-24-21(25-14-19(30)27(2)3)26-16-9-12-29(15-16)20-18(22)8-5-10-23-20;/h5,8,10,16-17H,4,6-7,9,11-15H2,1-3H3,(H2,24,25,26);1H. The minimum Gasteiger partial charge on any atom is -0.355 e. The number of carbonyl (C=O) groups excluding carboxylic acids is 1. The zero-order valence-corrected chi connectivity index (χ0v) is 21.8. The smallest absolute Gasteiger partial charge is 0.243 e. The summed E-state index contributed by atoms with van der Waals surface area (Å²) in [7, 11) is 3.50. The number of nitrogens with zero attached hydrogens (tertiary/aromatic N) is 5. The van der Waals surface area contributed by atoms with E-state index in [1.54, 1.807) is 25.2 Å². The molecule has 2 aliphatic rings. The number of aromatic nitrogens is 1. The highest BCUT2D eigenvalue weighted by Crippen LogP contribution is 2.25. The highest BCUT2D eigenvalue weighted by atomic mass is 127. The molecular formula is C21H35ClIN7O. The van der Waals surface area contributed by atoms with Crippen molar-refractivity contribution in [3.63, 3.8) is 0 Å². The van der Waals surface area contributed by atoms with Crippen molar-refractivity contribution in [3.8, 4) is 0 Å². The minimum absolute atomic E-state index is 0. The lowest BCUT2D eigenvalue weighted by Crippen LogP contribution is -2.49. The molecule has 2 unspecified atom stereocenters. The molecule has 2 fully saturated rings. The Bertz CT molecular complexity index is 748. The van der Waals surface area contributed by atoms with Crippen molar-refractivity contribution in [2.75, 3.05) is 58.3 Å². The molecule has 0 bridgehead atoms. The van der Waals surface area contributed by atoms with E-state index in [1.165, 1.54) is 12.8 Å². The number of aliphatic imine (C=N–C) groups is 1. The van der Waals surface area contributed by atoms with Gasteiger partial charge in [0.2, 0.25) is 5.91 Å². The maximum Gasteiger partial charge on any atom is 0.243 e. The highest BCUT2D eigenvalue weighted by molar-refractivity contribution is 14.0. The summed E-state index contributed by atoms with van der Waals surface area (Å²) < 4.78 is 0. The molecule has 0 spiro atoms. The predicted molar refractivity (Wildman–Crippen MR) is 138 cm³/mol. The molecule has 2 atom stereocenters. The highest BCUT2D eigenvalue weighted by Gasteiger charge is 2.27. The number of nitrogens with one attached hydrogen (secondary N) is 2. The molecule has 2 saturated heterocycles. The Morgan fingerprint density at radius 1 is 1.35 bits per heavy atom. The second kappa shape index (κ2) is 12.6. The molecule has 31 heavy (non-hydrogen) atoms. The van der Waals surface area contributed by atoms with Crippen LogP contribution in [-0.2, 0) is 4.79 Å². The van der Waals surface area contributed by atoms with Gasteiger partial charge in [-0.3, -0.25) is 9.69 Å². The number of rotatable bonds is 7. The van der Waals surface area contributed by atoms with Crippen LogP contribution in [0.3, 0.4) is 0 Å². The summed E-state index contributed by atoms with van der Waals surface area (Å²) in [6, 6.07) is 4.44. The largest absolute Gasteiger partial charge is 0.355 e. The third-order valence-electron chi connectivity index (χ3n) is 5.85. The third-order valence-corrected chi connectivity index (χ3v) is 6.14. The van der Waals surface area contributed by atoms with E-state index in [0.29, 0.717) is 17.0 Å². The molecule has 0 radical (unpaired) electrons. The lowest BCUT2D eigenvalue weighted by atomic mass is 10.2. The third kappa shape index (κ3) is 7.35. The molecule has 2 N–H and O–H groups in total. The summed E-state index contributed by atoms with van der Waals surface area (Å²) in [6.45, 7) is 7.06. The van der Waals surface area contributed by atoms with Gasteiger partial charge in [0.1, 0.15) is 12.4 Å². The van der Waals surface area contributed by atoms with E-state index < -0.39 is 0 Å². The summed E-state index contributed by atoms with van der Waals surface area (Å²) >= 11 is 6.31. The Morgan fingerprint density at radius 2 is 2.16 bits per heavy atom. The molecule has 1 aromatic heterocycles. The van der Waals surface area contributed by atoms with Crippen LogP contribution in [0, 0.1) is 0 Å². The van der Waals surface area contributed by atoms with Crippen LogP contribution in [0.15, 0.2) is 23.3 Å². The molecule has 1 amide bonds. The molecule has 3 rings (SSSR count). The summed E-state index contributed by atoms with van der Waals surface area (Å²) in [4.78, 5) is 27.3. The van der Waals surface area contributed by atoms with Crippen molar-refractivity contribution < 1.29 is 4.79 Å². The Labute approximate surface area is 207 Å². The van der Waals surface area contributed by atoms with Gasteiger partial charge in [0.05, 0.1) is 5.02 Å². The lowest BCUT2D eigenvalue weighted by Gasteiger charge is -2.25. The average molecular weight is 564 g/mol. The van der Waals surface area contributed by atoms with E-state index in [2.05, 4.69) is 37.3 Å². The minimum atomic E-state index is -0.0135. The van der Waals surface area contributed by atoms with E-state index in [-0.39, 0.29) is 42.5 Å². The van der Waals surface area contributed by atoms with E-state index in [0.717, 1.165) is 45.0 Å². The molecule has 0 aliphatic carbocycles. The Kier molecular flexibility index (Phi) is 10.6. The zero-order chi connectivity index (χ0) is 21.5. The fourth-order valence-electron chi connectivity index (χ4n) is 4.07. The van der Waals surface area contributed by atoms with Crippen molar-refractivity contribution in [3.05, 3.63) is 23.4 Å². The lowest BCUT2D eigenvalue weighted by molar-refractivity contribution is -0.127. The van der Waals surface area contributed by atoms with Crippen LogP contribution in [-0.4, -0.2) is 92.1 Å². The van der Waals surface area contributed by atoms with Crippen LogP contribution in [0.25, 0.3) is 0 Å². The molecular weight excluding hydrogens is 529 g/mol. The molecule has 10 heteroatoms. The van der Waals surface area contributed by atoms with Gasteiger partial charge >= 0.3 is 0 Å². The number of carbonyl (C=O) groups is 1. The van der Waals surface area contributed by atoms with Gasteiger partial charge in [-0.15, -0.1) is 24.0 Å². The van der Waals surface area contributed by atoms with Crippen LogP contribution in [0.4, 0.5) is 5.82 Å². The van der Waals surface area contributed by atoms with Crippen molar-refractivity contribution in [2.45, 2.75) is 38.3 Å². The Balaban J connectivity index is 0.00000341. The summed E-state index contributed by atoms with van der Waals surface area (Å²) in [5, 5.41) is 7.67. The van der Waals surface area contributed by atoms with Crippen molar-refractivity contribution in [1.29, 1.82) is 0 Å². The molecule has 174 valence electrons. The molecule has 0 saturated carbocycles. The van der Waals surface area contributed by atoms with Gasteiger partial charge in [-0.25, -0.2) is 9.98 Å². The summed E-state index contributed by atoms with van der Waals surface area (Å²) in [6.07, 6.45) is 5.16. The molecule has 2 aliphatic heterocycles. The molecule has 8 nitrogen and oxygen atoms in total. The molecule has 0 aromatic carbocycles. The van der Waals surface area contributed by atoms with Crippen LogP contribution in [0.1, 0.15) is 26.2 Å². The van der Waals surface area contributed by atoms with Crippen LogP contribution >= 0.6 is 35.6 Å². The number of hydrogen-bond acceptors (Lipinski definition) is 5. The number of halogens is 2. The molecule has 1 aromatic rings. The maximum atomic E-state index is 12.0. The monoisotopic (exact) mass is 563 g/mol. The van der Waals surface area contributed by atoms with E-state index >= 15 is 0 Å². The number of likely N-dealkylation sites (N-methyl/N-ethyl adjacent to an activating group) is 2. The average Bonchev–Trinajstić information content (AvgIpc) is 3.39. The first-order valence-electron chi connectivity index (χ1n) is 10.8. The summed E-state index contributed by atoms with van der Waals surface area (Å²) in [5.74, 6) is 1.51. The number of guanidine groups is 1. The van der Waals surface area contributed by atoms with E-state index in [4.69, 9.17) is 11.6 Å². The van der Waals surface area contributed by atoms with Gasteiger partial charge in [-0.05, 0) is 44.5 Å². The number of pyridine rings is 1.